The molecule has 0 aliphatic heterocycles. The summed E-state index contributed by atoms with van der Waals surface area (Å²) < 4.78 is 77.8. The molecule has 0 fully saturated rings. The van der Waals surface area contributed by atoms with Gasteiger partial charge in [-0.05, 0) is 42.5 Å². The predicted molar refractivity (Wildman–Crippen MR) is 106 cm³/mol. The van der Waals surface area contributed by atoms with Gasteiger partial charge in [0.15, 0.2) is 0 Å². The van der Waals surface area contributed by atoms with Gasteiger partial charge in [-0.15, -0.1) is 23.4 Å². The Kier molecular flexibility index (Phi) is 6.61. The Morgan fingerprint density at radius 3 is 2.58 bits per heavy atom. The number of hydrogen-bond acceptors (Lipinski definition) is 8. The monoisotopic (exact) mass is 510 g/mol. The van der Waals surface area contributed by atoms with Gasteiger partial charge in [0.05, 0.1) is 23.0 Å². The minimum absolute atomic E-state index is 0.0245. The van der Waals surface area contributed by atoms with Crippen LogP contribution in [0.3, 0.4) is 0 Å². The van der Waals surface area contributed by atoms with Crippen LogP contribution in [-0.2, 0) is 22.2 Å². The minimum atomic E-state index is -4.95. The number of aromatic nitrogens is 5. The highest BCUT2D eigenvalue weighted by atomic mass is 35.5. The van der Waals surface area contributed by atoms with Gasteiger partial charge in [-0.2, -0.15) is 4.80 Å². The molecule has 16 heteroatoms. The van der Waals surface area contributed by atoms with Crippen LogP contribution >= 0.6 is 11.6 Å². The van der Waals surface area contributed by atoms with E-state index in [9.17, 15) is 31.1 Å². The van der Waals surface area contributed by atoms with Crippen molar-refractivity contribution in [3.63, 3.8) is 0 Å². The number of sulfonamides is 1. The first-order chi connectivity index (χ1) is 15.1. The second kappa shape index (κ2) is 8.81. The zero-order valence-electron chi connectivity index (χ0n) is 16.6. The summed E-state index contributed by atoms with van der Waals surface area (Å²) in [5, 5.41) is 26.9. The Balaban J connectivity index is 1.89. The molecule has 0 radical (unpaired) electrons. The first kappa shape index (κ1) is 24.8. The van der Waals surface area contributed by atoms with Gasteiger partial charge in [0, 0.05) is 5.56 Å². The number of rotatable bonds is 7. The van der Waals surface area contributed by atoms with Gasteiger partial charge >= 0.3 is 6.36 Å². The summed E-state index contributed by atoms with van der Waals surface area (Å²) in [6, 6.07) is 5.04. The zero-order chi connectivity index (χ0) is 24.6. The highest BCUT2D eigenvalue weighted by Crippen LogP contribution is 2.28. The molecule has 10 nitrogen and oxygen atoms in total. The Hall–Kier alpha value is -2.88. The van der Waals surface area contributed by atoms with Crippen molar-refractivity contribution >= 4 is 21.6 Å². The first-order valence-electron chi connectivity index (χ1n) is 8.85. The van der Waals surface area contributed by atoms with Crippen molar-refractivity contribution in [2.75, 3.05) is 5.75 Å². The highest BCUT2D eigenvalue weighted by Gasteiger charge is 2.32. The second-order valence-electron chi connectivity index (χ2n) is 7.05. The summed E-state index contributed by atoms with van der Waals surface area (Å²) in [6.45, 7) is 0.773. The van der Waals surface area contributed by atoms with Gasteiger partial charge in [-0.3, -0.25) is 0 Å². The summed E-state index contributed by atoms with van der Waals surface area (Å²) in [4.78, 5) is 4.96. The molecule has 0 saturated heterocycles. The summed E-state index contributed by atoms with van der Waals surface area (Å²) in [5.74, 6) is -2.46. The number of alkyl halides is 3. The number of benzene rings is 1. The lowest BCUT2D eigenvalue weighted by Gasteiger charge is -2.21. The lowest BCUT2D eigenvalue weighted by Crippen LogP contribution is -2.35. The molecule has 0 aliphatic rings. The van der Waals surface area contributed by atoms with E-state index in [-0.39, 0.29) is 27.8 Å². The van der Waals surface area contributed by atoms with Gasteiger partial charge in [-0.25, -0.2) is 22.9 Å². The van der Waals surface area contributed by atoms with E-state index in [4.69, 9.17) is 16.7 Å². The van der Waals surface area contributed by atoms with Gasteiger partial charge < -0.3 is 9.84 Å². The maximum atomic E-state index is 14.1. The van der Waals surface area contributed by atoms with Crippen LogP contribution in [0.1, 0.15) is 18.2 Å². The minimum Gasteiger partial charge on any atom is -0.406 e. The van der Waals surface area contributed by atoms with E-state index >= 15 is 0 Å². The van der Waals surface area contributed by atoms with Gasteiger partial charge in [-0.1, -0.05) is 11.6 Å². The quantitative estimate of drug-likeness (QED) is 0.459. The molecule has 2 heterocycles. The van der Waals surface area contributed by atoms with Gasteiger partial charge in [0.1, 0.15) is 22.9 Å². The molecule has 178 valence electrons. The molecule has 1 atom stereocenters. The van der Waals surface area contributed by atoms with E-state index in [0.717, 1.165) is 23.0 Å². The molecule has 33 heavy (non-hydrogen) atoms. The number of nitrogens with zero attached hydrogens (tertiary/aromatic N) is 5. The standard InChI is InChI=1S/C17H15ClF4N6O4S/c1-16(29,8-33(23,30)31)13-5-3-11(18)14(24-13)15-25-27-28(26-15)7-9-6-10(2-4-12(9)19)32-17(20,21)22/h2-6,29H,7-8H2,1H3,(H2,23,30,31)/t16-/m1/s1. The molecule has 0 bridgehead atoms. The lowest BCUT2D eigenvalue weighted by molar-refractivity contribution is -0.274. The molecule has 0 aliphatic carbocycles. The molecular weight excluding hydrogens is 496 g/mol. The van der Waals surface area contributed by atoms with Crippen molar-refractivity contribution in [1.29, 1.82) is 0 Å². The third-order valence-electron chi connectivity index (χ3n) is 4.11. The maximum Gasteiger partial charge on any atom is 0.573 e. The fraction of sp³-hybridized carbons (Fsp3) is 0.294. The van der Waals surface area contributed by atoms with Crippen LogP contribution in [0.25, 0.3) is 11.5 Å². The normalized spacial score (nSPS) is 14.2. The summed E-state index contributed by atoms with van der Waals surface area (Å²) in [7, 11) is -4.05. The predicted octanol–water partition coefficient (Wildman–Crippen LogP) is 1.97. The fourth-order valence-corrected chi connectivity index (χ4v) is 3.91. The van der Waals surface area contributed by atoms with E-state index in [1.807, 2.05) is 0 Å². The van der Waals surface area contributed by atoms with Crippen molar-refractivity contribution < 1.29 is 35.8 Å². The van der Waals surface area contributed by atoms with Crippen LogP contribution < -0.4 is 9.88 Å². The average Bonchev–Trinajstić information content (AvgIpc) is 3.10. The number of hydrogen-bond donors (Lipinski definition) is 2. The second-order valence-corrected chi connectivity index (χ2v) is 9.07. The highest BCUT2D eigenvalue weighted by molar-refractivity contribution is 7.89. The molecule has 3 rings (SSSR count). The third-order valence-corrected chi connectivity index (χ3v) is 5.38. The van der Waals surface area contributed by atoms with E-state index in [1.54, 1.807) is 0 Å². The molecule has 0 unspecified atom stereocenters. The van der Waals surface area contributed by atoms with Crippen molar-refractivity contribution in [3.8, 4) is 17.3 Å². The van der Waals surface area contributed by atoms with Crippen LogP contribution in [0.2, 0.25) is 5.02 Å². The number of nitrogens with two attached hydrogens (primary N) is 1. The molecule has 0 amide bonds. The van der Waals surface area contributed by atoms with E-state index < -0.39 is 45.9 Å². The summed E-state index contributed by atoms with van der Waals surface area (Å²) in [6.07, 6.45) is -4.95. The van der Waals surface area contributed by atoms with Crippen LogP contribution in [-0.4, -0.2) is 50.8 Å². The average molecular weight is 511 g/mol. The molecule has 3 N–H and O–H groups in total. The number of halogens is 5. The Bertz CT molecular complexity index is 1280. The Labute approximate surface area is 189 Å². The SMILES string of the molecule is C[C@@](O)(CS(N)(=O)=O)c1ccc(Cl)c(-c2nnn(Cc3cc(OC(F)(F)F)ccc3F)n2)n1. The first-order valence-corrected chi connectivity index (χ1v) is 10.9. The fourth-order valence-electron chi connectivity index (χ4n) is 2.79. The smallest absolute Gasteiger partial charge is 0.406 e. The molecule has 0 saturated carbocycles. The van der Waals surface area contributed by atoms with Crippen molar-refractivity contribution in [2.24, 2.45) is 5.14 Å². The number of pyridine rings is 1. The number of primary sulfonamides is 1. The molecule has 3 aromatic rings. The number of tetrazole rings is 1. The van der Waals surface area contributed by atoms with Crippen molar-refractivity contribution in [2.45, 2.75) is 25.4 Å². The molecule has 1 aromatic carbocycles. The van der Waals surface area contributed by atoms with E-state index in [2.05, 4.69) is 25.1 Å². The lowest BCUT2D eigenvalue weighted by atomic mass is 10.0. The van der Waals surface area contributed by atoms with Crippen LogP contribution in [0.15, 0.2) is 30.3 Å². The van der Waals surface area contributed by atoms with Crippen LogP contribution in [0.5, 0.6) is 5.75 Å². The zero-order valence-corrected chi connectivity index (χ0v) is 18.2. The Morgan fingerprint density at radius 1 is 1.24 bits per heavy atom. The number of aliphatic hydroxyl groups is 1. The summed E-state index contributed by atoms with van der Waals surface area (Å²) >= 11 is 6.10. The van der Waals surface area contributed by atoms with Crippen LogP contribution in [0.4, 0.5) is 17.6 Å². The molecular formula is C17H15ClF4N6O4S. The third kappa shape index (κ3) is 6.56. The number of ether oxygens (including phenoxy) is 1. The molecule has 2 aromatic heterocycles. The van der Waals surface area contributed by atoms with E-state index in [0.29, 0.717) is 0 Å². The van der Waals surface area contributed by atoms with Gasteiger partial charge in [0.25, 0.3) is 0 Å². The van der Waals surface area contributed by atoms with Crippen molar-refractivity contribution in [1.82, 2.24) is 25.2 Å². The van der Waals surface area contributed by atoms with Gasteiger partial charge in [0.2, 0.25) is 15.8 Å². The summed E-state index contributed by atoms with van der Waals surface area (Å²) in [5.41, 5.74) is -2.37. The topological polar surface area (TPSA) is 146 Å². The van der Waals surface area contributed by atoms with E-state index in [1.165, 1.54) is 19.1 Å². The maximum absolute atomic E-state index is 14.1. The Morgan fingerprint density at radius 2 is 1.94 bits per heavy atom. The largest absolute Gasteiger partial charge is 0.573 e. The molecule has 0 spiro atoms. The van der Waals surface area contributed by atoms with Crippen LogP contribution in [0, 0.1) is 5.82 Å². The van der Waals surface area contributed by atoms with Crippen molar-refractivity contribution in [3.05, 3.63) is 52.4 Å².